The maximum Gasteiger partial charge on any atom is 0.320 e. The van der Waals surface area contributed by atoms with Crippen molar-refractivity contribution in [3.63, 3.8) is 0 Å². The van der Waals surface area contributed by atoms with Crippen LogP contribution in [0.4, 0.5) is 13.2 Å². The number of likely N-dealkylation sites (N-methyl/N-ethyl adjacent to an activating group) is 1. The molecule has 3 aliphatic rings. The number of hydrogen-bond acceptors (Lipinski definition) is 12. The third-order valence-electron chi connectivity index (χ3n) is 10.8. The van der Waals surface area contributed by atoms with Crippen LogP contribution in [0.25, 0.3) is 6.08 Å². The molecule has 0 saturated carbocycles. The van der Waals surface area contributed by atoms with Crippen molar-refractivity contribution in [3.05, 3.63) is 125 Å². The highest BCUT2D eigenvalue weighted by Gasteiger charge is 2.62. The normalized spacial score (nSPS) is 24.2. The van der Waals surface area contributed by atoms with E-state index in [4.69, 9.17) is 19.5 Å². The van der Waals surface area contributed by atoms with Crippen LogP contribution in [0.1, 0.15) is 23.1 Å². The first kappa shape index (κ1) is 44.0. The number of halogens is 3. The van der Waals surface area contributed by atoms with Gasteiger partial charge in [-0.1, -0.05) is 36.4 Å². The Morgan fingerprint density at radius 2 is 1.85 bits per heavy atom. The number of benzene rings is 2. The van der Waals surface area contributed by atoms with E-state index < -0.39 is 63.6 Å². The van der Waals surface area contributed by atoms with Crippen molar-refractivity contribution in [2.75, 3.05) is 59.6 Å². The molecule has 3 aromatic rings. The van der Waals surface area contributed by atoms with Crippen molar-refractivity contribution in [2.45, 2.75) is 35.7 Å². The lowest BCUT2D eigenvalue weighted by Crippen LogP contribution is -2.59. The number of rotatable bonds is 16. The quantitative estimate of drug-likeness (QED) is 0.148. The summed E-state index contributed by atoms with van der Waals surface area (Å²) in [5.41, 5.74) is -1.27. The number of allylic oxidation sites excluding steroid dienone is 4. The Hall–Kier alpha value is -5.56. The molecule has 0 bridgehead atoms. The number of aryl methyl sites for hydroxylation is 1. The number of piperazine rings is 1. The van der Waals surface area contributed by atoms with E-state index in [0.29, 0.717) is 13.1 Å². The highest BCUT2D eigenvalue weighted by atomic mass is 32.2. The van der Waals surface area contributed by atoms with Crippen molar-refractivity contribution in [3.8, 4) is 12.1 Å². The van der Waals surface area contributed by atoms with E-state index in [1.807, 2.05) is 18.0 Å². The Morgan fingerprint density at radius 1 is 1.07 bits per heavy atom. The summed E-state index contributed by atoms with van der Waals surface area (Å²) in [7, 11) is 2.00. The van der Waals surface area contributed by atoms with Gasteiger partial charge >= 0.3 is 11.9 Å². The summed E-state index contributed by atoms with van der Waals surface area (Å²) in [5.74, 6) is -4.90. The van der Waals surface area contributed by atoms with Crippen LogP contribution in [-0.4, -0.2) is 117 Å². The lowest BCUT2D eigenvalue weighted by atomic mass is 9.61. The first-order valence-corrected chi connectivity index (χ1v) is 20.2. The molecule has 2 aliphatic heterocycles. The van der Waals surface area contributed by atoms with Gasteiger partial charge in [0, 0.05) is 55.8 Å². The number of thioether (sulfide) groups is 1. The number of carbonyl (C=O) groups excluding carboxylic acids is 1. The predicted molar refractivity (Wildman–Crippen MR) is 215 cm³/mol. The summed E-state index contributed by atoms with van der Waals surface area (Å²) in [6, 6.07) is 11.3. The van der Waals surface area contributed by atoms with Crippen LogP contribution in [0, 0.1) is 51.4 Å². The van der Waals surface area contributed by atoms with Gasteiger partial charge in [0.15, 0.2) is 6.29 Å². The molecule has 1 N–H and O–H groups in total. The van der Waals surface area contributed by atoms with E-state index in [1.165, 1.54) is 65.5 Å². The van der Waals surface area contributed by atoms with Crippen molar-refractivity contribution in [1.82, 2.24) is 24.6 Å². The Kier molecular flexibility index (Phi) is 14.8. The van der Waals surface area contributed by atoms with E-state index in [-0.39, 0.29) is 61.4 Å². The molecule has 1 aliphatic carbocycles. The maximum absolute atomic E-state index is 15.0. The number of nitriles is 2. The number of nitrogens with zero attached hydrogens (tertiary/aromatic N) is 7. The highest BCUT2D eigenvalue weighted by Crippen LogP contribution is 2.56. The fourth-order valence-corrected chi connectivity index (χ4v) is 9.25. The molecule has 0 spiro atoms. The summed E-state index contributed by atoms with van der Waals surface area (Å²) in [4.78, 5) is 35.9. The first-order valence-electron chi connectivity index (χ1n) is 19.3. The minimum atomic E-state index is -1.99. The molecule has 3 atom stereocenters. The number of ether oxygens (including phenoxy) is 3. The molecular weight excluding hydrogens is 800 g/mol. The molecule has 60 heavy (non-hydrogen) atoms. The largest absolute Gasteiger partial charge is 0.481 e. The molecule has 13 nitrogen and oxygen atoms in total. The van der Waals surface area contributed by atoms with Gasteiger partial charge in [-0.2, -0.15) is 15.6 Å². The van der Waals surface area contributed by atoms with Gasteiger partial charge in [0.1, 0.15) is 42.1 Å². The number of aromatic nitrogens is 3. The van der Waals surface area contributed by atoms with Crippen LogP contribution < -0.4 is 0 Å². The van der Waals surface area contributed by atoms with E-state index >= 15 is 4.39 Å². The molecule has 17 heteroatoms. The van der Waals surface area contributed by atoms with E-state index in [1.54, 1.807) is 24.3 Å². The van der Waals surface area contributed by atoms with Crippen molar-refractivity contribution < 1.29 is 42.1 Å². The van der Waals surface area contributed by atoms with Gasteiger partial charge in [0.2, 0.25) is 0 Å². The second-order valence-electron chi connectivity index (χ2n) is 14.8. The van der Waals surface area contributed by atoms with Crippen molar-refractivity contribution >= 4 is 29.8 Å². The summed E-state index contributed by atoms with van der Waals surface area (Å²) in [6.07, 6.45) is 12.8. The van der Waals surface area contributed by atoms with Crippen LogP contribution >= 0.6 is 11.8 Å². The molecule has 2 fully saturated rings. The number of carbonyl (C=O) groups is 2. The van der Waals surface area contributed by atoms with Crippen molar-refractivity contribution in [2.24, 2.45) is 11.3 Å². The van der Waals surface area contributed by atoms with Gasteiger partial charge in [-0.05, 0) is 61.9 Å². The SMILES string of the molecule is CN1CCN(CC(=O)OC[C@@]2(SC3COC(C=CC=Cc4ccc(C#N)cc4F)OC3)C=CC(C#N)=C[C@]2(C(=O)O)C(CCc2ccc(F)cc2F)Cn2cncn2)CC1. The van der Waals surface area contributed by atoms with E-state index in [0.717, 1.165) is 31.3 Å². The number of hydrogen-bond donors (Lipinski definition) is 1. The molecule has 2 aromatic carbocycles. The summed E-state index contributed by atoms with van der Waals surface area (Å²) in [6.45, 7) is 2.51. The van der Waals surface area contributed by atoms with Crippen LogP contribution in [0.3, 0.4) is 0 Å². The average molecular weight is 844 g/mol. The third-order valence-corrected chi connectivity index (χ3v) is 12.5. The molecule has 0 radical (unpaired) electrons. The van der Waals surface area contributed by atoms with Gasteiger partial charge in [-0.15, -0.1) is 11.8 Å². The molecular formula is C43H44F3N7O6S. The average Bonchev–Trinajstić information content (AvgIpc) is 3.76. The minimum Gasteiger partial charge on any atom is -0.481 e. The van der Waals surface area contributed by atoms with Gasteiger partial charge in [-0.3, -0.25) is 19.2 Å². The van der Waals surface area contributed by atoms with Crippen LogP contribution in [-0.2, 0) is 36.8 Å². The lowest BCUT2D eigenvalue weighted by Gasteiger charge is -2.51. The van der Waals surface area contributed by atoms with Crippen LogP contribution in [0.15, 0.2) is 91.1 Å². The molecule has 6 rings (SSSR count). The number of aliphatic carboxylic acids is 1. The zero-order valence-corrected chi connectivity index (χ0v) is 33.6. The van der Waals surface area contributed by atoms with Gasteiger partial charge in [0.25, 0.3) is 0 Å². The van der Waals surface area contributed by atoms with Crippen LogP contribution in [0.2, 0.25) is 0 Å². The Morgan fingerprint density at radius 3 is 2.52 bits per heavy atom. The summed E-state index contributed by atoms with van der Waals surface area (Å²) >= 11 is 1.18. The molecule has 1 aromatic heterocycles. The van der Waals surface area contributed by atoms with Crippen LogP contribution in [0.5, 0.6) is 0 Å². The number of carboxylic acids is 1. The molecule has 2 saturated heterocycles. The third kappa shape index (κ3) is 10.6. The zero-order chi connectivity index (χ0) is 42.7. The zero-order valence-electron chi connectivity index (χ0n) is 32.8. The molecule has 0 amide bonds. The molecule has 1 unspecified atom stereocenters. The summed E-state index contributed by atoms with van der Waals surface area (Å²) < 4.78 is 61.3. The molecule has 314 valence electrons. The number of carboxylic acid groups (broad SMARTS) is 1. The smallest absolute Gasteiger partial charge is 0.320 e. The number of esters is 1. The molecule has 3 heterocycles. The van der Waals surface area contributed by atoms with Crippen molar-refractivity contribution in [1.29, 1.82) is 10.5 Å². The Balaban J connectivity index is 1.30. The van der Waals surface area contributed by atoms with Gasteiger partial charge < -0.3 is 24.2 Å². The van der Waals surface area contributed by atoms with E-state index in [9.17, 15) is 28.7 Å². The minimum absolute atomic E-state index is 0.000179. The second-order valence-corrected chi connectivity index (χ2v) is 16.4. The van der Waals surface area contributed by atoms with Gasteiger partial charge in [-0.25, -0.2) is 18.2 Å². The fourth-order valence-electron chi connectivity index (χ4n) is 7.58. The monoisotopic (exact) mass is 843 g/mol. The second kappa shape index (κ2) is 20.1. The topological polar surface area (TPSA) is 167 Å². The van der Waals surface area contributed by atoms with Gasteiger partial charge in [0.05, 0.1) is 47.5 Å². The first-order chi connectivity index (χ1) is 28.9. The predicted octanol–water partition coefficient (Wildman–Crippen LogP) is 5.18. The highest BCUT2D eigenvalue weighted by molar-refractivity contribution is 8.01. The standard InChI is InChI=1S/C43H44F3N7O6S/c1-51-14-16-52(17-15-51)24-39(54)59-27-42(60-36-25-57-40(58-26-36)5-3-2-4-32-7-6-30(21-47)18-37(32)45)13-12-31(22-48)20-43(42,41(55)56)34(23-53-29-49-28-50-53)10-8-33-9-11-35(44)19-38(33)46/h2-7,9,11-13,18-20,28-29,34,36,40H,8,10,14-17,23-27H2,1H3,(H,55,56)/t34?,36?,40?,42-,43+/m0/s1. The summed E-state index contributed by atoms with van der Waals surface area (Å²) in [5, 5.41) is 34.5. The Labute approximate surface area is 350 Å². The maximum atomic E-state index is 15.0. The Bertz CT molecular complexity index is 2210. The fraction of sp³-hybridized carbons (Fsp3) is 0.395. The lowest BCUT2D eigenvalue weighted by molar-refractivity contribution is -0.157. The van der Waals surface area contributed by atoms with E-state index in [2.05, 4.69) is 21.1 Å².